The maximum Gasteiger partial charge on any atom is 0.255 e. The van der Waals surface area contributed by atoms with Crippen LogP contribution in [0.3, 0.4) is 0 Å². The first-order chi connectivity index (χ1) is 10.5. The average molecular weight is 302 g/mol. The molecule has 0 atom stereocenters. The molecule has 1 heterocycles. The molecular weight excluding hydrogens is 284 g/mol. The van der Waals surface area contributed by atoms with E-state index in [4.69, 9.17) is 5.11 Å². The predicted octanol–water partition coefficient (Wildman–Crippen LogP) is 1.32. The van der Waals surface area contributed by atoms with E-state index in [0.717, 1.165) is 0 Å². The molecule has 0 spiro atoms. The summed E-state index contributed by atoms with van der Waals surface area (Å²) in [6, 6.07) is 7.07. The second-order valence-electron chi connectivity index (χ2n) is 4.84. The molecule has 116 valence electrons. The molecular formula is C15H18N4O3. The number of H-pyrrole nitrogens is 1. The van der Waals surface area contributed by atoms with Gasteiger partial charge in [0.05, 0.1) is 5.69 Å². The van der Waals surface area contributed by atoms with Crippen molar-refractivity contribution in [3.8, 4) is 0 Å². The van der Waals surface area contributed by atoms with Crippen molar-refractivity contribution in [2.75, 3.05) is 17.2 Å². The maximum atomic E-state index is 11.9. The summed E-state index contributed by atoms with van der Waals surface area (Å²) in [6.07, 6.45) is 0.270. The minimum atomic E-state index is -0.276. The molecule has 2 rings (SSSR count). The summed E-state index contributed by atoms with van der Waals surface area (Å²) in [5.41, 5.74) is 2.10. The number of aromatic nitrogens is 2. The van der Waals surface area contributed by atoms with Gasteiger partial charge in [0.1, 0.15) is 0 Å². The molecule has 2 aromatic rings. The normalized spacial score (nSPS) is 10.3. The molecule has 0 radical (unpaired) electrons. The van der Waals surface area contributed by atoms with E-state index in [1.54, 1.807) is 31.2 Å². The number of aryl methyl sites for hydroxylation is 1. The topological polar surface area (TPSA) is 107 Å². The number of nitrogens with one attached hydrogen (secondary N) is 3. The molecule has 0 aliphatic rings. The lowest BCUT2D eigenvalue weighted by Crippen LogP contribution is -2.19. The first-order valence-corrected chi connectivity index (χ1v) is 6.85. The lowest BCUT2D eigenvalue weighted by Gasteiger charge is -2.10. The van der Waals surface area contributed by atoms with Crippen LogP contribution in [0.2, 0.25) is 0 Å². The van der Waals surface area contributed by atoms with Crippen LogP contribution in [0.4, 0.5) is 17.3 Å². The van der Waals surface area contributed by atoms with Gasteiger partial charge in [0.15, 0.2) is 0 Å². The highest BCUT2D eigenvalue weighted by Gasteiger charge is 2.08. The summed E-state index contributed by atoms with van der Waals surface area (Å²) in [6.45, 7) is 3.05. The standard InChI is InChI=1S/C15H18N4O3/c1-9-13(6-7-20)14(22)19-15(16-9)18-12-5-3-4-11(8-12)17-10(2)21/h3-5,8,20H,6-7H2,1-2H3,(H,17,21)(H2,16,18,19,22). The fourth-order valence-electron chi connectivity index (χ4n) is 2.09. The first-order valence-electron chi connectivity index (χ1n) is 6.85. The zero-order valence-corrected chi connectivity index (χ0v) is 12.4. The van der Waals surface area contributed by atoms with Gasteiger partial charge in [0, 0.05) is 36.9 Å². The Labute approximate surface area is 127 Å². The van der Waals surface area contributed by atoms with Crippen molar-refractivity contribution < 1.29 is 9.90 Å². The molecule has 7 nitrogen and oxygen atoms in total. The van der Waals surface area contributed by atoms with Crippen molar-refractivity contribution in [1.82, 2.24) is 9.97 Å². The number of aromatic amines is 1. The Kier molecular flexibility index (Phi) is 4.90. The van der Waals surface area contributed by atoms with Gasteiger partial charge in [-0.1, -0.05) is 6.07 Å². The molecule has 22 heavy (non-hydrogen) atoms. The van der Waals surface area contributed by atoms with Crippen LogP contribution in [0.1, 0.15) is 18.2 Å². The number of nitrogens with zero attached hydrogens (tertiary/aromatic N) is 1. The van der Waals surface area contributed by atoms with Gasteiger partial charge < -0.3 is 15.7 Å². The van der Waals surface area contributed by atoms with Crippen LogP contribution in [0.25, 0.3) is 0 Å². The van der Waals surface area contributed by atoms with Crippen LogP contribution >= 0.6 is 0 Å². The number of carbonyl (C=O) groups excluding carboxylic acids is 1. The van der Waals surface area contributed by atoms with Gasteiger partial charge in [-0.3, -0.25) is 14.6 Å². The number of hydrogen-bond acceptors (Lipinski definition) is 5. The molecule has 0 fully saturated rings. The number of amides is 1. The number of anilines is 3. The number of benzene rings is 1. The van der Waals surface area contributed by atoms with Crippen LogP contribution in [0.5, 0.6) is 0 Å². The zero-order valence-electron chi connectivity index (χ0n) is 12.4. The van der Waals surface area contributed by atoms with E-state index in [1.807, 2.05) is 0 Å². The molecule has 0 bridgehead atoms. The monoisotopic (exact) mass is 302 g/mol. The third kappa shape index (κ3) is 3.92. The van der Waals surface area contributed by atoms with Gasteiger partial charge >= 0.3 is 0 Å². The Morgan fingerprint density at radius 3 is 2.73 bits per heavy atom. The number of aliphatic hydroxyl groups is 1. The van der Waals surface area contributed by atoms with Crippen LogP contribution in [-0.2, 0) is 11.2 Å². The van der Waals surface area contributed by atoms with Gasteiger partial charge in [0.25, 0.3) is 5.56 Å². The van der Waals surface area contributed by atoms with Crippen molar-refractivity contribution >= 4 is 23.2 Å². The van der Waals surface area contributed by atoms with E-state index in [0.29, 0.717) is 28.6 Å². The Morgan fingerprint density at radius 1 is 1.36 bits per heavy atom. The quantitative estimate of drug-likeness (QED) is 0.666. The molecule has 0 aliphatic carbocycles. The van der Waals surface area contributed by atoms with E-state index < -0.39 is 0 Å². The number of aliphatic hydroxyl groups excluding tert-OH is 1. The fraction of sp³-hybridized carbons (Fsp3) is 0.267. The lowest BCUT2D eigenvalue weighted by atomic mass is 10.2. The van der Waals surface area contributed by atoms with Gasteiger partial charge in [-0.2, -0.15) is 0 Å². The maximum absolute atomic E-state index is 11.9. The molecule has 1 aromatic carbocycles. The van der Waals surface area contributed by atoms with Gasteiger partial charge in [-0.25, -0.2) is 4.98 Å². The van der Waals surface area contributed by atoms with Crippen LogP contribution < -0.4 is 16.2 Å². The van der Waals surface area contributed by atoms with Crippen LogP contribution in [0, 0.1) is 6.92 Å². The summed E-state index contributed by atoms with van der Waals surface area (Å²) in [7, 11) is 0. The second-order valence-corrected chi connectivity index (χ2v) is 4.84. The highest BCUT2D eigenvalue weighted by molar-refractivity contribution is 5.89. The summed E-state index contributed by atoms with van der Waals surface area (Å²) in [5, 5.41) is 14.6. The fourth-order valence-corrected chi connectivity index (χ4v) is 2.09. The molecule has 1 amide bonds. The minimum absolute atomic E-state index is 0.100. The number of rotatable bonds is 5. The molecule has 4 N–H and O–H groups in total. The van der Waals surface area contributed by atoms with E-state index in [-0.39, 0.29) is 24.5 Å². The summed E-state index contributed by atoms with van der Waals surface area (Å²) < 4.78 is 0. The minimum Gasteiger partial charge on any atom is -0.396 e. The molecule has 1 aromatic heterocycles. The summed E-state index contributed by atoms with van der Waals surface area (Å²) in [5.74, 6) is 0.150. The van der Waals surface area contributed by atoms with Gasteiger partial charge in [-0.05, 0) is 25.1 Å². The van der Waals surface area contributed by atoms with Crippen LogP contribution in [0.15, 0.2) is 29.1 Å². The Hall–Kier alpha value is -2.67. The number of hydrogen-bond donors (Lipinski definition) is 4. The Morgan fingerprint density at radius 2 is 2.09 bits per heavy atom. The number of carbonyl (C=O) groups is 1. The van der Waals surface area contributed by atoms with Crippen molar-refractivity contribution in [3.63, 3.8) is 0 Å². The Bertz CT molecular complexity index is 740. The van der Waals surface area contributed by atoms with Gasteiger partial charge in [-0.15, -0.1) is 0 Å². The molecule has 0 aliphatic heterocycles. The molecule has 7 heteroatoms. The molecule has 0 saturated heterocycles. The lowest BCUT2D eigenvalue weighted by molar-refractivity contribution is -0.114. The average Bonchev–Trinajstić information content (AvgIpc) is 2.42. The smallest absolute Gasteiger partial charge is 0.255 e. The van der Waals surface area contributed by atoms with Crippen molar-refractivity contribution in [1.29, 1.82) is 0 Å². The van der Waals surface area contributed by atoms with E-state index in [9.17, 15) is 9.59 Å². The van der Waals surface area contributed by atoms with E-state index >= 15 is 0 Å². The Balaban J connectivity index is 2.24. The predicted molar refractivity (Wildman–Crippen MR) is 84.4 cm³/mol. The van der Waals surface area contributed by atoms with E-state index in [2.05, 4.69) is 20.6 Å². The van der Waals surface area contributed by atoms with Crippen molar-refractivity contribution in [2.45, 2.75) is 20.3 Å². The molecule has 0 unspecified atom stereocenters. The zero-order chi connectivity index (χ0) is 16.1. The summed E-state index contributed by atoms with van der Waals surface area (Å²) in [4.78, 5) is 29.9. The first kappa shape index (κ1) is 15.7. The SMILES string of the molecule is CC(=O)Nc1cccc(Nc2nc(C)c(CCO)c(=O)[nH]2)c1. The third-order valence-electron chi connectivity index (χ3n) is 3.03. The third-order valence-corrected chi connectivity index (χ3v) is 3.03. The largest absolute Gasteiger partial charge is 0.396 e. The highest BCUT2D eigenvalue weighted by atomic mass is 16.3. The van der Waals surface area contributed by atoms with Crippen molar-refractivity contribution in [2.24, 2.45) is 0 Å². The van der Waals surface area contributed by atoms with Gasteiger partial charge in [0.2, 0.25) is 11.9 Å². The highest BCUT2D eigenvalue weighted by Crippen LogP contribution is 2.18. The van der Waals surface area contributed by atoms with E-state index in [1.165, 1.54) is 6.92 Å². The second kappa shape index (κ2) is 6.86. The van der Waals surface area contributed by atoms with Crippen molar-refractivity contribution in [3.05, 3.63) is 45.9 Å². The van der Waals surface area contributed by atoms with Crippen LogP contribution in [-0.4, -0.2) is 27.6 Å². The molecule has 0 saturated carbocycles. The summed E-state index contributed by atoms with van der Waals surface area (Å²) >= 11 is 0.